The maximum Gasteiger partial charge on any atom is 0.160 e. The minimum Gasteiger partial charge on any atom is -0.504 e. The van der Waals surface area contributed by atoms with Crippen LogP contribution in [0.2, 0.25) is 0 Å². The number of fused-ring (bicyclic) bond motifs is 2. The highest BCUT2D eigenvalue weighted by atomic mass is 16.5. The number of aliphatic hydroxyl groups is 1. The van der Waals surface area contributed by atoms with Gasteiger partial charge in [-0.25, -0.2) is 4.98 Å². The van der Waals surface area contributed by atoms with Gasteiger partial charge in [-0.1, -0.05) is 63.3 Å². The first-order valence-corrected chi connectivity index (χ1v) is 18.9. The van der Waals surface area contributed by atoms with Gasteiger partial charge in [-0.3, -0.25) is 9.59 Å². The average Bonchev–Trinajstić information content (AvgIpc) is 3.28. The predicted octanol–water partition coefficient (Wildman–Crippen LogP) is 7.88. The Morgan fingerprint density at radius 1 is 1.00 bits per heavy atom. The molecule has 4 N–H and O–H groups in total. The van der Waals surface area contributed by atoms with Gasteiger partial charge in [0.25, 0.3) is 0 Å². The standard InChI is InChI=1S/C44H56N2O5/c1-5-8-34(27-47)35-21-30(19-29-17-18-46-44(45)22-29)20-32-14-16-38(37-10-7-6-9-31(37)12-11-28(2)3)39-26-42(50)43(51-4)24-33(39)13-15-36(48)25-41(49)40(32)23-35/h6-7,9-10,17-18,22,24,26,28,30,32,34-35,38,40,47,50H,5,8,11-13,15,19-21,23,25,27H2,1-4H3,(H2,45,46)/t30-,32-,34-,35+,38-,40-/m1/s1. The number of aromatic nitrogens is 1. The van der Waals surface area contributed by atoms with E-state index >= 15 is 0 Å². The number of Topliss-reactive ketones (excluding diaryl/α,β-unsaturated/α-hetero) is 2. The Hall–Kier alpha value is -4.15. The van der Waals surface area contributed by atoms with Crippen LogP contribution in [-0.2, 0) is 28.9 Å². The molecule has 2 aliphatic rings. The fourth-order valence-electron chi connectivity index (χ4n) is 8.47. The molecule has 7 nitrogen and oxygen atoms in total. The number of benzene rings is 2. The second-order valence-electron chi connectivity index (χ2n) is 15.3. The van der Waals surface area contributed by atoms with Gasteiger partial charge in [0.05, 0.1) is 19.4 Å². The average molecular weight is 693 g/mol. The number of ether oxygens (including phenoxy) is 1. The van der Waals surface area contributed by atoms with E-state index < -0.39 is 5.92 Å². The van der Waals surface area contributed by atoms with Crippen molar-refractivity contribution in [2.45, 2.75) is 97.3 Å². The van der Waals surface area contributed by atoms with Gasteiger partial charge in [-0.2, -0.15) is 0 Å². The lowest BCUT2D eigenvalue weighted by molar-refractivity contribution is -0.130. The molecular weight excluding hydrogens is 636 g/mol. The summed E-state index contributed by atoms with van der Waals surface area (Å²) in [5, 5.41) is 21.7. The Morgan fingerprint density at radius 3 is 2.53 bits per heavy atom. The van der Waals surface area contributed by atoms with Crippen molar-refractivity contribution in [1.29, 1.82) is 0 Å². The maximum atomic E-state index is 14.3. The summed E-state index contributed by atoms with van der Waals surface area (Å²) >= 11 is 0. The van der Waals surface area contributed by atoms with Gasteiger partial charge in [-0.15, -0.1) is 0 Å². The molecule has 1 aromatic heterocycles. The van der Waals surface area contributed by atoms with Crippen LogP contribution in [-0.4, -0.2) is 40.5 Å². The highest BCUT2D eigenvalue weighted by Gasteiger charge is 2.39. The normalized spacial score (nSPS) is 23.1. The van der Waals surface area contributed by atoms with Gasteiger partial charge in [0.15, 0.2) is 11.5 Å². The minimum absolute atomic E-state index is 0.0363. The van der Waals surface area contributed by atoms with Crippen molar-refractivity contribution in [2.75, 3.05) is 19.5 Å². The number of aryl methyl sites for hydroxylation is 2. The van der Waals surface area contributed by atoms with E-state index in [1.807, 2.05) is 24.3 Å². The zero-order valence-electron chi connectivity index (χ0n) is 30.9. The summed E-state index contributed by atoms with van der Waals surface area (Å²) in [5.41, 5.74) is 11.2. The van der Waals surface area contributed by atoms with E-state index in [0.717, 1.165) is 60.8 Å². The van der Waals surface area contributed by atoms with Crippen LogP contribution in [0.15, 0.2) is 54.7 Å². The van der Waals surface area contributed by atoms with E-state index in [2.05, 4.69) is 55.8 Å². The number of carbonyl (C=O) groups is 2. The Kier molecular flexibility index (Phi) is 13.3. The van der Waals surface area contributed by atoms with Gasteiger partial charge in [-0.05, 0) is 127 Å². The number of carbonyl (C=O) groups excluding carboxylic acids is 2. The number of ketones is 2. The van der Waals surface area contributed by atoms with Crippen LogP contribution in [0.1, 0.15) is 106 Å². The van der Waals surface area contributed by atoms with Crippen molar-refractivity contribution in [3.05, 3.63) is 82.5 Å². The minimum atomic E-state index is -0.412. The molecule has 0 amide bonds. The number of aliphatic hydroxyl groups excluding tert-OH is 1. The molecule has 0 aliphatic heterocycles. The van der Waals surface area contributed by atoms with Crippen molar-refractivity contribution < 1.29 is 24.5 Å². The van der Waals surface area contributed by atoms with E-state index in [0.29, 0.717) is 36.7 Å². The quantitative estimate of drug-likeness (QED) is 0.138. The van der Waals surface area contributed by atoms with E-state index in [9.17, 15) is 19.8 Å². The SMILES string of the molecule is CCC[C@H](CO)[C@H]1C[C@H](Cc2ccnc(N)c2)C[C@H]2C#C[C@H](c3ccccc3CCC(C)C)c3cc(O)c(OC)cc3CCC(=O)CC(=O)[C@@H]2C1. The van der Waals surface area contributed by atoms with Gasteiger partial charge < -0.3 is 20.7 Å². The fraction of sp³-hybridized carbons (Fsp3) is 0.523. The molecule has 1 heterocycles. The molecule has 3 aromatic rings. The third kappa shape index (κ3) is 9.80. The van der Waals surface area contributed by atoms with Crippen LogP contribution >= 0.6 is 0 Å². The number of pyridine rings is 1. The second kappa shape index (κ2) is 17.9. The Balaban J connectivity index is 1.68. The Bertz CT molecular complexity index is 1720. The molecule has 51 heavy (non-hydrogen) atoms. The van der Waals surface area contributed by atoms with Crippen LogP contribution in [0.5, 0.6) is 11.5 Å². The number of phenolic OH excluding ortho intramolecular Hbond substituents is 1. The predicted molar refractivity (Wildman–Crippen MR) is 202 cm³/mol. The van der Waals surface area contributed by atoms with Crippen molar-refractivity contribution in [3.8, 4) is 23.3 Å². The third-order valence-corrected chi connectivity index (χ3v) is 11.2. The number of rotatable bonds is 11. The molecule has 2 aliphatic carbocycles. The number of anilines is 1. The molecule has 6 atom stereocenters. The van der Waals surface area contributed by atoms with Gasteiger partial charge >= 0.3 is 0 Å². The zero-order chi connectivity index (χ0) is 36.5. The molecule has 0 unspecified atom stereocenters. The number of aromatic hydroxyl groups is 1. The number of nitrogens with zero attached hydrogens (tertiary/aromatic N) is 1. The van der Waals surface area contributed by atoms with Gasteiger partial charge in [0, 0.05) is 31.1 Å². The lowest BCUT2D eigenvalue weighted by atomic mass is 9.76. The number of methoxy groups -OCH3 is 1. The number of nitrogen functional groups attached to an aromatic ring is 1. The van der Waals surface area contributed by atoms with E-state index in [-0.39, 0.29) is 66.4 Å². The topological polar surface area (TPSA) is 123 Å². The smallest absolute Gasteiger partial charge is 0.160 e. The summed E-state index contributed by atoms with van der Waals surface area (Å²) in [5.74, 6) is 8.01. The van der Waals surface area contributed by atoms with E-state index in [4.69, 9.17) is 10.5 Å². The van der Waals surface area contributed by atoms with Crippen LogP contribution in [0.3, 0.4) is 0 Å². The summed E-state index contributed by atoms with van der Waals surface area (Å²) in [6, 6.07) is 15.9. The number of nitrogens with two attached hydrogens (primary N) is 1. The summed E-state index contributed by atoms with van der Waals surface area (Å²) < 4.78 is 5.51. The number of hydrogen-bond acceptors (Lipinski definition) is 7. The molecule has 0 spiro atoms. The highest BCUT2D eigenvalue weighted by molar-refractivity contribution is 6.00. The molecule has 0 radical (unpaired) electrons. The summed E-state index contributed by atoms with van der Waals surface area (Å²) in [6.45, 7) is 6.66. The molecule has 272 valence electrons. The lowest BCUT2D eigenvalue weighted by Crippen LogP contribution is -2.29. The largest absolute Gasteiger partial charge is 0.504 e. The van der Waals surface area contributed by atoms with Crippen LogP contribution in [0.4, 0.5) is 5.82 Å². The Morgan fingerprint density at radius 2 is 1.80 bits per heavy atom. The number of phenols is 1. The third-order valence-electron chi connectivity index (χ3n) is 11.2. The van der Waals surface area contributed by atoms with Crippen LogP contribution in [0.25, 0.3) is 0 Å². The van der Waals surface area contributed by atoms with E-state index in [1.165, 1.54) is 12.7 Å². The van der Waals surface area contributed by atoms with Gasteiger partial charge in [0.2, 0.25) is 0 Å². The molecule has 7 heteroatoms. The summed E-state index contributed by atoms with van der Waals surface area (Å²) in [4.78, 5) is 32.0. The van der Waals surface area contributed by atoms with Gasteiger partial charge in [0.1, 0.15) is 17.4 Å². The fourth-order valence-corrected chi connectivity index (χ4v) is 8.47. The highest BCUT2D eigenvalue weighted by Crippen LogP contribution is 2.43. The molecular formula is C44H56N2O5. The monoisotopic (exact) mass is 692 g/mol. The second-order valence-corrected chi connectivity index (χ2v) is 15.3. The summed E-state index contributed by atoms with van der Waals surface area (Å²) in [7, 11) is 1.52. The lowest BCUT2D eigenvalue weighted by Gasteiger charge is -2.28. The molecule has 1 fully saturated rings. The van der Waals surface area contributed by atoms with E-state index in [1.54, 1.807) is 12.3 Å². The van der Waals surface area contributed by atoms with Crippen LogP contribution < -0.4 is 10.5 Å². The molecule has 2 aromatic carbocycles. The Labute approximate surface area is 304 Å². The molecule has 1 saturated carbocycles. The zero-order valence-corrected chi connectivity index (χ0v) is 30.9. The molecule has 5 rings (SSSR count). The first-order chi connectivity index (χ1) is 24.6. The number of hydrogen-bond donors (Lipinski definition) is 3. The molecule has 0 bridgehead atoms. The van der Waals surface area contributed by atoms with Crippen molar-refractivity contribution in [2.24, 2.45) is 35.5 Å². The molecule has 0 saturated heterocycles. The first-order valence-electron chi connectivity index (χ1n) is 18.9. The van der Waals surface area contributed by atoms with Crippen LogP contribution in [0, 0.1) is 47.3 Å². The van der Waals surface area contributed by atoms with Crippen molar-refractivity contribution in [3.63, 3.8) is 0 Å². The summed E-state index contributed by atoms with van der Waals surface area (Å²) in [6.07, 6.45) is 8.93. The van der Waals surface area contributed by atoms with Crippen molar-refractivity contribution in [1.82, 2.24) is 4.98 Å². The maximum absolute atomic E-state index is 14.3. The van der Waals surface area contributed by atoms with Crippen molar-refractivity contribution >= 4 is 17.4 Å². The first kappa shape index (κ1) is 38.1.